The first kappa shape index (κ1) is 19.3. The molecule has 1 aliphatic heterocycles. The van der Waals surface area contributed by atoms with Crippen LogP contribution >= 0.6 is 0 Å². The van der Waals surface area contributed by atoms with Crippen LogP contribution in [-0.2, 0) is 4.79 Å². The van der Waals surface area contributed by atoms with Gasteiger partial charge in [0, 0.05) is 31.9 Å². The fourth-order valence-electron chi connectivity index (χ4n) is 3.92. The van der Waals surface area contributed by atoms with Crippen molar-refractivity contribution in [3.8, 4) is 5.75 Å². The predicted octanol–water partition coefficient (Wildman–Crippen LogP) is 4.00. The Kier molecular flexibility index (Phi) is 5.67. The van der Waals surface area contributed by atoms with Crippen molar-refractivity contribution < 1.29 is 9.53 Å². The number of para-hydroxylation sites is 2. The summed E-state index contributed by atoms with van der Waals surface area (Å²) in [5.74, 6) is 0.925. The van der Waals surface area contributed by atoms with E-state index in [-0.39, 0.29) is 11.9 Å². The molecule has 1 atom stereocenters. The maximum Gasteiger partial charge on any atom is 0.241 e. The molecule has 1 amide bonds. The molecular formula is C24H27N3O2. The molecule has 1 aliphatic rings. The maximum atomic E-state index is 12.8. The molecule has 5 nitrogen and oxygen atoms in total. The molecule has 0 aliphatic carbocycles. The number of rotatable bonds is 5. The number of ether oxygens (including phenoxy) is 1. The van der Waals surface area contributed by atoms with E-state index in [4.69, 9.17) is 4.74 Å². The number of nitrogens with zero attached hydrogens (tertiary/aromatic N) is 2. The van der Waals surface area contributed by atoms with E-state index in [1.165, 1.54) is 5.39 Å². The van der Waals surface area contributed by atoms with E-state index in [9.17, 15) is 4.79 Å². The third-order valence-electron chi connectivity index (χ3n) is 5.68. The highest BCUT2D eigenvalue weighted by Crippen LogP contribution is 2.28. The van der Waals surface area contributed by atoms with Crippen LogP contribution in [0.15, 0.2) is 66.7 Å². The van der Waals surface area contributed by atoms with Crippen LogP contribution in [0.5, 0.6) is 5.75 Å². The molecule has 1 heterocycles. The van der Waals surface area contributed by atoms with Crippen molar-refractivity contribution in [3.05, 3.63) is 66.7 Å². The first-order valence-corrected chi connectivity index (χ1v) is 10.1. The van der Waals surface area contributed by atoms with Crippen molar-refractivity contribution in [2.24, 2.45) is 0 Å². The Labute approximate surface area is 171 Å². The van der Waals surface area contributed by atoms with Gasteiger partial charge in [0.2, 0.25) is 5.91 Å². The summed E-state index contributed by atoms with van der Waals surface area (Å²) in [6.07, 6.45) is 0. The largest absolute Gasteiger partial charge is 0.495 e. The van der Waals surface area contributed by atoms with E-state index in [1.807, 2.05) is 55.5 Å². The Hall–Kier alpha value is -3.05. The molecule has 4 rings (SSSR count). The lowest BCUT2D eigenvalue weighted by Gasteiger charge is -2.38. The number of piperazine rings is 1. The third-order valence-corrected chi connectivity index (χ3v) is 5.68. The standard InChI is InChI=1S/C24H27N3O2/c1-18(24(28)25-21-12-11-19-7-3-4-8-20(19)17-21)26-13-15-27(16-14-26)22-9-5-6-10-23(22)29-2/h3-12,17-18H,13-16H2,1-2H3,(H,25,28)/t18-/m0/s1. The summed E-state index contributed by atoms with van der Waals surface area (Å²) in [5.41, 5.74) is 1.95. The Bertz CT molecular complexity index is 996. The molecule has 0 radical (unpaired) electrons. The number of benzene rings is 3. The zero-order valence-corrected chi connectivity index (χ0v) is 17.0. The van der Waals surface area contributed by atoms with Crippen LogP contribution in [0, 0.1) is 0 Å². The van der Waals surface area contributed by atoms with Crippen LogP contribution in [0.3, 0.4) is 0 Å². The molecule has 3 aromatic rings. The first-order valence-electron chi connectivity index (χ1n) is 10.1. The molecule has 1 fully saturated rings. The van der Waals surface area contributed by atoms with E-state index >= 15 is 0 Å². The van der Waals surface area contributed by atoms with Gasteiger partial charge >= 0.3 is 0 Å². The number of carbonyl (C=O) groups excluding carboxylic acids is 1. The zero-order valence-electron chi connectivity index (χ0n) is 17.0. The first-order chi connectivity index (χ1) is 14.2. The monoisotopic (exact) mass is 389 g/mol. The highest BCUT2D eigenvalue weighted by molar-refractivity contribution is 5.97. The second-order valence-corrected chi connectivity index (χ2v) is 7.42. The number of anilines is 2. The molecule has 0 bridgehead atoms. The quantitative estimate of drug-likeness (QED) is 0.716. The van der Waals surface area contributed by atoms with Gasteiger partial charge in [-0.1, -0.05) is 42.5 Å². The number of fused-ring (bicyclic) bond motifs is 1. The molecule has 0 saturated carbocycles. The van der Waals surface area contributed by atoms with Crippen molar-refractivity contribution in [2.45, 2.75) is 13.0 Å². The second-order valence-electron chi connectivity index (χ2n) is 7.42. The highest BCUT2D eigenvalue weighted by atomic mass is 16.5. The molecule has 3 aromatic carbocycles. The van der Waals surface area contributed by atoms with Crippen LogP contribution in [0.2, 0.25) is 0 Å². The molecule has 0 spiro atoms. The molecule has 1 N–H and O–H groups in total. The maximum absolute atomic E-state index is 12.8. The second kappa shape index (κ2) is 8.53. The highest BCUT2D eigenvalue weighted by Gasteiger charge is 2.26. The molecular weight excluding hydrogens is 362 g/mol. The summed E-state index contributed by atoms with van der Waals surface area (Å²) >= 11 is 0. The van der Waals surface area contributed by atoms with Gasteiger partial charge < -0.3 is 15.0 Å². The van der Waals surface area contributed by atoms with Crippen molar-refractivity contribution in [1.29, 1.82) is 0 Å². The van der Waals surface area contributed by atoms with Gasteiger partial charge in [0.15, 0.2) is 0 Å². The summed E-state index contributed by atoms with van der Waals surface area (Å²) in [5, 5.41) is 5.38. The molecule has 1 saturated heterocycles. The van der Waals surface area contributed by atoms with Crippen molar-refractivity contribution in [1.82, 2.24) is 4.90 Å². The molecule has 150 valence electrons. The smallest absolute Gasteiger partial charge is 0.241 e. The van der Waals surface area contributed by atoms with Gasteiger partial charge in [0.1, 0.15) is 5.75 Å². The summed E-state index contributed by atoms with van der Waals surface area (Å²) in [7, 11) is 1.70. The van der Waals surface area contributed by atoms with Gasteiger partial charge in [-0.2, -0.15) is 0 Å². The Morgan fingerprint density at radius 2 is 1.62 bits per heavy atom. The number of hydrogen-bond donors (Lipinski definition) is 1. The van der Waals surface area contributed by atoms with E-state index < -0.39 is 0 Å². The average Bonchev–Trinajstić information content (AvgIpc) is 2.78. The summed E-state index contributed by atoms with van der Waals surface area (Å²) in [6.45, 7) is 5.39. The average molecular weight is 389 g/mol. The van der Waals surface area contributed by atoms with Crippen LogP contribution in [-0.4, -0.2) is 50.1 Å². The number of methoxy groups -OCH3 is 1. The fourth-order valence-corrected chi connectivity index (χ4v) is 3.92. The van der Waals surface area contributed by atoms with E-state index in [2.05, 4.69) is 33.3 Å². The molecule has 5 heteroatoms. The number of hydrogen-bond acceptors (Lipinski definition) is 4. The minimum Gasteiger partial charge on any atom is -0.495 e. The van der Waals surface area contributed by atoms with E-state index in [0.717, 1.165) is 48.7 Å². The Morgan fingerprint density at radius 1 is 0.931 bits per heavy atom. The lowest BCUT2D eigenvalue weighted by atomic mass is 10.1. The minimum atomic E-state index is -0.179. The van der Waals surface area contributed by atoms with Crippen LogP contribution in [0.4, 0.5) is 11.4 Å². The molecule has 29 heavy (non-hydrogen) atoms. The fraction of sp³-hybridized carbons (Fsp3) is 0.292. The Morgan fingerprint density at radius 3 is 2.38 bits per heavy atom. The zero-order chi connectivity index (χ0) is 20.2. The predicted molar refractivity (Wildman–Crippen MR) is 119 cm³/mol. The van der Waals surface area contributed by atoms with E-state index in [1.54, 1.807) is 7.11 Å². The van der Waals surface area contributed by atoms with E-state index in [0.29, 0.717) is 0 Å². The number of carbonyl (C=O) groups is 1. The minimum absolute atomic E-state index is 0.0334. The van der Waals surface area contributed by atoms with Crippen molar-refractivity contribution in [3.63, 3.8) is 0 Å². The van der Waals surface area contributed by atoms with Crippen molar-refractivity contribution >= 4 is 28.1 Å². The topological polar surface area (TPSA) is 44.8 Å². The van der Waals surface area contributed by atoms with Gasteiger partial charge in [-0.25, -0.2) is 0 Å². The summed E-state index contributed by atoms with van der Waals surface area (Å²) in [4.78, 5) is 17.4. The lowest BCUT2D eigenvalue weighted by Crippen LogP contribution is -2.52. The Balaban J connectivity index is 1.37. The van der Waals surface area contributed by atoms with Crippen LogP contribution < -0.4 is 15.0 Å². The summed E-state index contributed by atoms with van der Waals surface area (Å²) in [6, 6.07) is 22.1. The lowest BCUT2D eigenvalue weighted by molar-refractivity contribution is -0.120. The number of nitrogens with one attached hydrogen (secondary N) is 1. The van der Waals surface area contributed by atoms with Crippen LogP contribution in [0.1, 0.15) is 6.92 Å². The van der Waals surface area contributed by atoms with Gasteiger partial charge in [-0.15, -0.1) is 0 Å². The van der Waals surface area contributed by atoms with Gasteiger partial charge in [-0.05, 0) is 42.0 Å². The van der Waals surface area contributed by atoms with Gasteiger partial charge in [-0.3, -0.25) is 9.69 Å². The van der Waals surface area contributed by atoms with Crippen molar-refractivity contribution in [2.75, 3.05) is 43.5 Å². The normalized spacial score (nSPS) is 15.9. The summed E-state index contributed by atoms with van der Waals surface area (Å²) < 4.78 is 5.49. The SMILES string of the molecule is COc1ccccc1N1CCN([C@@H](C)C(=O)Nc2ccc3ccccc3c2)CC1. The third kappa shape index (κ3) is 4.20. The van der Waals surface area contributed by atoms with Gasteiger partial charge in [0.25, 0.3) is 0 Å². The van der Waals surface area contributed by atoms with Gasteiger partial charge in [0.05, 0.1) is 18.8 Å². The van der Waals surface area contributed by atoms with Crippen LogP contribution in [0.25, 0.3) is 10.8 Å². The molecule has 0 aromatic heterocycles. The number of amides is 1. The molecule has 0 unspecified atom stereocenters.